The van der Waals surface area contributed by atoms with Crippen LogP contribution in [0.15, 0.2) is 33.9 Å². The van der Waals surface area contributed by atoms with Gasteiger partial charge in [0.05, 0.1) is 5.75 Å². The summed E-state index contributed by atoms with van der Waals surface area (Å²) < 4.78 is 19.2. The summed E-state index contributed by atoms with van der Waals surface area (Å²) in [5.74, 6) is 0.611. The Balaban J connectivity index is 1.52. The lowest BCUT2D eigenvalue weighted by Gasteiger charge is -2.37. The Morgan fingerprint density at radius 3 is 2.96 bits per heavy atom. The Labute approximate surface area is 156 Å². The summed E-state index contributed by atoms with van der Waals surface area (Å²) in [5.41, 5.74) is 0.699. The predicted octanol–water partition coefficient (Wildman–Crippen LogP) is 2.73. The fraction of sp³-hybridized carbons (Fsp3) is 0.500. The number of carbonyl (C=O) groups is 1. The number of amides is 1. The monoisotopic (exact) mass is 378 g/mol. The van der Waals surface area contributed by atoms with E-state index >= 15 is 0 Å². The van der Waals surface area contributed by atoms with Crippen LogP contribution in [-0.4, -0.2) is 57.8 Å². The first-order chi connectivity index (χ1) is 12.5. The fourth-order valence-electron chi connectivity index (χ4n) is 3.12. The van der Waals surface area contributed by atoms with Crippen molar-refractivity contribution in [2.75, 3.05) is 25.9 Å². The van der Waals surface area contributed by atoms with Crippen molar-refractivity contribution < 1.29 is 13.6 Å². The number of aryl methyl sites for hydroxylation is 1. The van der Waals surface area contributed by atoms with Crippen LogP contribution in [0.2, 0.25) is 0 Å². The predicted molar refractivity (Wildman–Crippen MR) is 97.2 cm³/mol. The van der Waals surface area contributed by atoms with E-state index in [1.165, 1.54) is 17.8 Å². The number of likely N-dealkylation sites (N-methyl/N-ethyl adjacent to an activating group) is 1. The summed E-state index contributed by atoms with van der Waals surface area (Å²) in [4.78, 5) is 16.5. The molecule has 1 atom stereocenters. The van der Waals surface area contributed by atoms with Crippen molar-refractivity contribution in [2.24, 2.45) is 0 Å². The molecule has 1 amide bonds. The first-order valence-electron chi connectivity index (χ1n) is 8.67. The van der Waals surface area contributed by atoms with Crippen molar-refractivity contribution in [3.63, 3.8) is 0 Å². The van der Waals surface area contributed by atoms with Crippen molar-refractivity contribution in [3.8, 4) is 0 Å². The van der Waals surface area contributed by atoms with Crippen LogP contribution >= 0.6 is 11.8 Å². The number of aromatic nitrogens is 2. The summed E-state index contributed by atoms with van der Waals surface area (Å²) in [7, 11) is 1.83. The van der Waals surface area contributed by atoms with E-state index in [1.54, 1.807) is 17.9 Å². The van der Waals surface area contributed by atoms with Gasteiger partial charge in [0.15, 0.2) is 0 Å². The second kappa shape index (κ2) is 8.64. The molecule has 1 aliphatic heterocycles. The zero-order valence-corrected chi connectivity index (χ0v) is 15.8. The quantitative estimate of drug-likeness (QED) is 0.721. The molecule has 1 aliphatic rings. The highest BCUT2D eigenvalue weighted by atomic mass is 32.2. The Hall–Kier alpha value is -1.93. The summed E-state index contributed by atoms with van der Waals surface area (Å²) in [6.45, 7) is 3.96. The van der Waals surface area contributed by atoms with Gasteiger partial charge in [0.1, 0.15) is 5.82 Å². The molecule has 3 rings (SSSR count). The van der Waals surface area contributed by atoms with Gasteiger partial charge >= 0.3 is 0 Å². The first kappa shape index (κ1) is 18.8. The van der Waals surface area contributed by atoms with Crippen molar-refractivity contribution in [1.29, 1.82) is 0 Å². The molecule has 0 radical (unpaired) electrons. The van der Waals surface area contributed by atoms with Crippen LogP contribution in [-0.2, 0) is 11.3 Å². The van der Waals surface area contributed by atoms with Crippen LogP contribution in [0.5, 0.6) is 0 Å². The number of halogens is 1. The summed E-state index contributed by atoms with van der Waals surface area (Å²) in [6.07, 6.45) is 1.95. The van der Waals surface area contributed by atoms with E-state index in [0.717, 1.165) is 25.9 Å². The van der Waals surface area contributed by atoms with Gasteiger partial charge in [-0.15, -0.1) is 10.2 Å². The molecule has 2 aromatic rings. The molecule has 0 aliphatic carbocycles. The minimum Gasteiger partial charge on any atom is -0.416 e. The summed E-state index contributed by atoms with van der Waals surface area (Å²) >= 11 is 1.25. The number of piperidine rings is 1. The number of likely N-dealkylation sites (tertiary alicyclic amines) is 1. The van der Waals surface area contributed by atoms with Gasteiger partial charge in [0.2, 0.25) is 11.8 Å². The molecule has 0 bridgehead atoms. The van der Waals surface area contributed by atoms with Crippen molar-refractivity contribution >= 4 is 17.7 Å². The van der Waals surface area contributed by atoms with Crippen LogP contribution in [0.25, 0.3) is 0 Å². The number of carbonyl (C=O) groups excluding carboxylic acids is 1. The molecule has 1 fully saturated rings. The summed E-state index contributed by atoms with van der Waals surface area (Å²) in [6, 6.07) is 6.99. The molecule has 140 valence electrons. The normalized spacial score (nSPS) is 18.0. The molecular formula is C18H23FN4O2S. The van der Waals surface area contributed by atoms with Gasteiger partial charge in [-0.05, 0) is 25.5 Å². The number of thioether (sulfide) groups is 1. The van der Waals surface area contributed by atoms with Crippen LogP contribution in [0.4, 0.5) is 4.39 Å². The maximum atomic E-state index is 13.9. The third kappa shape index (κ3) is 4.82. The van der Waals surface area contributed by atoms with Crippen molar-refractivity contribution in [1.82, 2.24) is 20.0 Å². The van der Waals surface area contributed by atoms with Gasteiger partial charge in [-0.1, -0.05) is 30.0 Å². The molecule has 1 aromatic carbocycles. The third-order valence-electron chi connectivity index (χ3n) is 4.60. The Morgan fingerprint density at radius 2 is 2.23 bits per heavy atom. The van der Waals surface area contributed by atoms with Gasteiger partial charge in [-0.25, -0.2) is 4.39 Å². The molecule has 6 nitrogen and oxygen atoms in total. The number of nitrogens with zero attached hydrogens (tertiary/aromatic N) is 4. The molecule has 0 saturated carbocycles. The lowest BCUT2D eigenvalue weighted by atomic mass is 10.0. The highest BCUT2D eigenvalue weighted by Crippen LogP contribution is 2.21. The standard InChI is InChI=1S/C18H23FN4O2S/c1-13-20-21-18(25-13)26-12-17(24)22(2)15-7-5-9-23(11-15)10-14-6-3-4-8-16(14)19/h3-4,6,8,15H,5,7,9-12H2,1-2H3/t15-/m1/s1. The second-order valence-electron chi connectivity index (χ2n) is 6.50. The van der Waals surface area contributed by atoms with Crippen LogP contribution in [0.1, 0.15) is 24.3 Å². The van der Waals surface area contributed by atoms with E-state index in [0.29, 0.717) is 23.2 Å². The molecule has 0 unspecified atom stereocenters. The van der Waals surface area contributed by atoms with Crippen molar-refractivity contribution in [2.45, 2.75) is 37.6 Å². The largest absolute Gasteiger partial charge is 0.416 e. The molecule has 0 spiro atoms. The van der Waals surface area contributed by atoms with E-state index in [2.05, 4.69) is 15.1 Å². The SMILES string of the molecule is Cc1nnc(SCC(=O)N(C)[C@@H]2CCCN(Cc3ccccc3F)C2)o1. The molecule has 26 heavy (non-hydrogen) atoms. The molecule has 1 aromatic heterocycles. The Bertz CT molecular complexity index is 754. The molecule has 1 saturated heterocycles. The minimum atomic E-state index is -0.176. The van der Waals surface area contributed by atoms with Gasteiger partial charge in [0, 0.05) is 38.7 Å². The molecule has 0 N–H and O–H groups in total. The number of hydrogen-bond acceptors (Lipinski definition) is 6. The van der Waals surface area contributed by atoms with E-state index in [1.807, 2.05) is 19.2 Å². The van der Waals surface area contributed by atoms with E-state index in [9.17, 15) is 9.18 Å². The van der Waals surface area contributed by atoms with Gasteiger partial charge in [0.25, 0.3) is 5.22 Å². The fourth-order valence-corrected chi connectivity index (χ4v) is 3.85. The number of benzene rings is 1. The topological polar surface area (TPSA) is 62.5 Å². The molecule has 2 heterocycles. The third-order valence-corrected chi connectivity index (χ3v) is 5.40. The average Bonchev–Trinajstić information content (AvgIpc) is 3.06. The number of hydrogen-bond donors (Lipinski definition) is 0. The van der Waals surface area contributed by atoms with E-state index in [4.69, 9.17) is 4.42 Å². The van der Waals surface area contributed by atoms with E-state index in [-0.39, 0.29) is 23.5 Å². The zero-order chi connectivity index (χ0) is 18.5. The molecule has 8 heteroatoms. The van der Waals surface area contributed by atoms with Gasteiger partial charge < -0.3 is 9.32 Å². The Morgan fingerprint density at radius 1 is 1.42 bits per heavy atom. The summed E-state index contributed by atoms with van der Waals surface area (Å²) in [5, 5.41) is 8.06. The average molecular weight is 378 g/mol. The number of rotatable bonds is 6. The minimum absolute atomic E-state index is 0.0311. The highest BCUT2D eigenvalue weighted by molar-refractivity contribution is 7.99. The van der Waals surface area contributed by atoms with Crippen LogP contribution < -0.4 is 0 Å². The second-order valence-corrected chi connectivity index (χ2v) is 7.43. The maximum absolute atomic E-state index is 13.9. The molecular weight excluding hydrogens is 355 g/mol. The zero-order valence-electron chi connectivity index (χ0n) is 15.0. The van der Waals surface area contributed by atoms with E-state index < -0.39 is 0 Å². The smallest absolute Gasteiger partial charge is 0.277 e. The lowest BCUT2D eigenvalue weighted by molar-refractivity contribution is -0.130. The first-order valence-corrected chi connectivity index (χ1v) is 9.66. The van der Waals surface area contributed by atoms with Crippen molar-refractivity contribution in [3.05, 3.63) is 41.5 Å². The highest BCUT2D eigenvalue weighted by Gasteiger charge is 2.26. The van der Waals surface area contributed by atoms with Crippen LogP contribution in [0.3, 0.4) is 0 Å². The lowest BCUT2D eigenvalue weighted by Crippen LogP contribution is -2.48. The van der Waals surface area contributed by atoms with Crippen LogP contribution in [0, 0.1) is 12.7 Å². The van der Waals surface area contributed by atoms with Gasteiger partial charge in [-0.2, -0.15) is 0 Å². The maximum Gasteiger partial charge on any atom is 0.277 e. The Kier molecular flexibility index (Phi) is 6.26. The van der Waals surface area contributed by atoms with Gasteiger partial charge in [-0.3, -0.25) is 9.69 Å².